The summed E-state index contributed by atoms with van der Waals surface area (Å²) in [6.07, 6.45) is 1.48. The number of carbonyl (C=O) groups excluding carboxylic acids is 1. The van der Waals surface area contributed by atoms with E-state index in [2.05, 4.69) is 5.32 Å². The molecule has 0 aliphatic carbocycles. The third-order valence-electron chi connectivity index (χ3n) is 4.53. The van der Waals surface area contributed by atoms with Gasteiger partial charge in [-0.2, -0.15) is 4.31 Å². The zero-order valence-corrected chi connectivity index (χ0v) is 19.2. The number of sulfonamides is 1. The van der Waals surface area contributed by atoms with Gasteiger partial charge in [0.25, 0.3) is 0 Å². The van der Waals surface area contributed by atoms with E-state index in [1.54, 1.807) is 12.1 Å². The third-order valence-corrected chi connectivity index (χ3v) is 7.46. The molecule has 1 amide bonds. The topological polar surface area (TPSA) is 119 Å². The lowest BCUT2D eigenvalue weighted by molar-refractivity contribution is -0.121. The minimum absolute atomic E-state index is 0.0507. The molecule has 1 aromatic rings. The molecule has 9 nitrogen and oxygen atoms in total. The first-order chi connectivity index (χ1) is 14.0. The Morgan fingerprint density at radius 3 is 2.30 bits per heavy atom. The molecule has 0 aromatic heterocycles. The first kappa shape index (κ1) is 24.6. The van der Waals surface area contributed by atoms with E-state index in [9.17, 15) is 21.6 Å². The van der Waals surface area contributed by atoms with E-state index in [-0.39, 0.29) is 48.3 Å². The van der Waals surface area contributed by atoms with Gasteiger partial charge in [-0.25, -0.2) is 16.8 Å². The van der Waals surface area contributed by atoms with Gasteiger partial charge >= 0.3 is 0 Å². The number of morpholine rings is 1. The lowest BCUT2D eigenvalue weighted by Gasteiger charge is -2.34. The number of ether oxygens (including phenoxy) is 2. The van der Waals surface area contributed by atoms with Crippen molar-refractivity contribution in [1.82, 2.24) is 9.62 Å². The highest BCUT2D eigenvalue weighted by atomic mass is 32.2. The second-order valence-corrected chi connectivity index (χ2v) is 11.5. The summed E-state index contributed by atoms with van der Waals surface area (Å²) in [6, 6.07) is 6.06. The van der Waals surface area contributed by atoms with Crippen LogP contribution in [-0.4, -0.2) is 77.5 Å². The summed E-state index contributed by atoms with van der Waals surface area (Å²) in [5, 5.41) is 2.62. The fourth-order valence-corrected chi connectivity index (χ4v) is 5.22. The molecule has 11 heteroatoms. The number of benzene rings is 1. The first-order valence-corrected chi connectivity index (χ1v) is 13.3. The maximum Gasteiger partial charge on any atom is 0.220 e. The third kappa shape index (κ3) is 7.86. The summed E-state index contributed by atoms with van der Waals surface area (Å²) in [5.74, 6) is 0.120. The first-order valence-electron chi connectivity index (χ1n) is 9.80. The Labute approximate surface area is 178 Å². The molecular formula is C19H30N2O7S2. The summed E-state index contributed by atoms with van der Waals surface area (Å²) in [6.45, 7) is 4.65. The molecule has 0 bridgehead atoms. The van der Waals surface area contributed by atoms with Crippen molar-refractivity contribution in [3.8, 4) is 5.75 Å². The smallest absolute Gasteiger partial charge is 0.220 e. The average molecular weight is 463 g/mol. The standard InChI is InChI=1S/C19H30N2O7S2/c1-15-13-21(14-16(2)28-15)30(25,26)12-10-20-19(22)5-4-11-27-17-6-8-18(9-7-17)29(3,23)24/h6-9,15-16H,4-5,10-14H2,1-3H3,(H,20,22). The minimum atomic E-state index is -3.45. The largest absolute Gasteiger partial charge is 0.494 e. The maximum absolute atomic E-state index is 12.4. The molecule has 1 saturated heterocycles. The van der Waals surface area contributed by atoms with Gasteiger partial charge in [-0.3, -0.25) is 4.79 Å². The van der Waals surface area contributed by atoms with Crippen LogP contribution in [0.2, 0.25) is 0 Å². The molecule has 1 aliphatic heterocycles. The fourth-order valence-electron chi connectivity index (χ4n) is 3.10. The van der Waals surface area contributed by atoms with Gasteiger partial charge in [-0.05, 0) is 44.5 Å². The van der Waals surface area contributed by atoms with Crippen molar-refractivity contribution in [2.45, 2.75) is 43.8 Å². The predicted octanol–water partition coefficient (Wildman–Crippen LogP) is 0.804. The van der Waals surface area contributed by atoms with Crippen LogP contribution in [0.4, 0.5) is 0 Å². The van der Waals surface area contributed by atoms with Crippen molar-refractivity contribution in [3.05, 3.63) is 24.3 Å². The van der Waals surface area contributed by atoms with E-state index in [1.165, 1.54) is 16.4 Å². The number of carbonyl (C=O) groups is 1. The molecule has 0 spiro atoms. The van der Waals surface area contributed by atoms with Gasteiger partial charge in [0, 0.05) is 32.3 Å². The van der Waals surface area contributed by atoms with Crippen LogP contribution < -0.4 is 10.1 Å². The van der Waals surface area contributed by atoms with Gasteiger partial charge in [0.05, 0.1) is 29.5 Å². The number of amides is 1. The quantitative estimate of drug-likeness (QED) is 0.511. The highest BCUT2D eigenvalue weighted by Gasteiger charge is 2.30. The monoisotopic (exact) mass is 462 g/mol. The summed E-state index contributed by atoms with van der Waals surface area (Å²) in [7, 11) is -6.70. The molecule has 2 unspecified atom stereocenters. The molecule has 1 fully saturated rings. The summed E-state index contributed by atoms with van der Waals surface area (Å²) >= 11 is 0. The Bertz CT molecular complexity index is 905. The van der Waals surface area contributed by atoms with Gasteiger partial charge in [0.1, 0.15) is 5.75 Å². The highest BCUT2D eigenvalue weighted by molar-refractivity contribution is 7.90. The van der Waals surface area contributed by atoms with E-state index in [1.807, 2.05) is 13.8 Å². The molecule has 0 radical (unpaired) electrons. The average Bonchev–Trinajstić information content (AvgIpc) is 2.64. The van der Waals surface area contributed by atoms with Crippen molar-refractivity contribution in [1.29, 1.82) is 0 Å². The van der Waals surface area contributed by atoms with E-state index in [0.29, 0.717) is 25.3 Å². The second-order valence-electron chi connectivity index (χ2n) is 7.44. The number of nitrogens with one attached hydrogen (secondary N) is 1. The molecule has 1 N–H and O–H groups in total. The SMILES string of the molecule is CC1CN(S(=O)(=O)CCNC(=O)CCCOc2ccc(S(C)(=O)=O)cc2)CC(C)O1. The molecular weight excluding hydrogens is 432 g/mol. The van der Waals surface area contributed by atoms with E-state index in [0.717, 1.165) is 6.26 Å². The fraction of sp³-hybridized carbons (Fsp3) is 0.632. The Kier molecular flexibility index (Phi) is 8.65. The second kappa shape index (κ2) is 10.6. The number of hydrogen-bond acceptors (Lipinski definition) is 7. The van der Waals surface area contributed by atoms with Crippen LogP contribution in [0.1, 0.15) is 26.7 Å². The zero-order valence-electron chi connectivity index (χ0n) is 17.5. The Hall–Kier alpha value is -1.69. The van der Waals surface area contributed by atoms with Crippen LogP contribution >= 0.6 is 0 Å². The van der Waals surface area contributed by atoms with Crippen molar-refractivity contribution >= 4 is 25.8 Å². The van der Waals surface area contributed by atoms with Crippen molar-refractivity contribution < 1.29 is 31.1 Å². The van der Waals surface area contributed by atoms with E-state index >= 15 is 0 Å². The van der Waals surface area contributed by atoms with Crippen LogP contribution in [0, 0.1) is 0 Å². The molecule has 1 aromatic carbocycles. The molecule has 2 atom stereocenters. The van der Waals surface area contributed by atoms with E-state index in [4.69, 9.17) is 9.47 Å². The lowest BCUT2D eigenvalue weighted by Crippen LogP contribution is -2.49. The van der Waals surface area contributed by atoms with Crippen LogP contribution in [0.25, 0.3) is 0 Å². The van der Waals surface area contributed by atoms with Gasteiger partial charge in [-0.1, -0.05) is 0 Å². The predicted molar refractivity (Wildman–Crippen MR) is 113 cm³/mol. The summed E-state index contributed by atoms with van der Waals surface area (Å²) in [4.78, 5) is 12.1. The Morgan fingerprint density at radius 2 is 1.73 bits per heavy atom. The number of hydrogen-bond donors (Lipinski definition) is 1. The number of rotatable bonds is 10. The minimum Gasteiger partial charge on any atom is -0.494 e. The van der Waals surface area contributed by atoms with Crippen LogP contribution in [0.15, 0.2) is 29.2 Å². The lowest BCUT2D eigenvalue weighted by atomic mass is 10.3. The highest BCUT2D eigenvalue weighted by Crippen LogP contribution is 2.16. The van der Waals surface area contributed by atoms with Gasteiger partial charge in [0.15, 0.2) is 9.84 Å². The van der Waals surface area contributed by atoms with Crippen molar-refractivity contribution in [2.24, 2.45) is 0 Å². The Balaban J connectivity index is 1.65. The number of sulfone groups is 1. The van der Waals surface area contributed by atoms with Crippen LogP contribution in [0.5, 0.6) is 5.75 Å². The number of nitrogens with zero attached hydrogens (tertiary/aromatic N) is 1. The van der Waals surface area contributed by atoms with Crippen molar-refractivity contribution in [2.75, 3.05) is 38.2 Å². The van der Waals surface area contributed by atoms with Crippen LogP contribution in [-0.2, 0) is 29.4 Å². The van der Waals surface area contributed by atoms with Gasteiger partial charge in [0.2, 0.25) is 15.9 Å². The molecule has 0 saturated carbocycles. The summed E-state index contributed by atoms with van der Waals surface area (Å²) in [5.41, 5.74) is 0. The molecule has 1 heterocycles. The molecule has 1 aliphatic rings. The molecule has 170 valence electrons. The zero-order chi connectivity index (χ0) is 22.4. The van der Waals surface area contributed by atoms with E-state index < -0.39 is 19.9 Å². The van der Waals surface area contributed by atoms with Crippen LogP contribution in [0.3, 0.4) is 0 Å². The van der Waals surface area contributed by atoms with Crippen molar-refractivity contribution in [3.63, 3.8) is 0 Å². The normalized spacial score (nSPS) is 20.6. The summed E-state index contributed by atoms with van der Waals surface area (Å²) < 4.78 is 60.1. The Morgan fingerprint density at radius 1 is 1.13 bits per heavy atom. The molecule has 30 heavy (non-hydrogen) atoms. The van der Waals surface area contributed by atoms with Gasteiger partial charge < -0.3 is 14.8 Å². The maximum atomic E-state index is 12.4. The molecule has 2 rings (SSSR count). The van der Waals surface area contributed by atoms with Gasteiger partial charge in [-0.15, -0.1) is 0 Å².